The maximum Gasteiger partial charge on any atom is 0.414 e. The molecule has 1 aromatic carbocycles. The number of carbonyl (C=O) groups excluding carboxylic acids is 2. The highest BCUT2D eigenvalue weighted by atomic mass is 28.4. The molecular weight excluding hydrogens is 588 g/mol. The Bertz CT molecular complexity index is 1660. The number of amides is 2. The third-order valence-electron chi connectivity index (χ3n) is 8.41. The molecule has 0 saturated heterocycles. The van der Waals surface area contributed by atoms with Crippen molar-refractivity contribution < 1.29 is 18.8 Å². The van der Waals surface area contributed by atoms with Gasteiger partial charge in [-0.1, -0.05) is 27.7 Å². The minimum atomic E-state index is -2.15. The fourth-order valence-electron chi connectivity index (χ4n) is 4.90. The first kappa shape index (κ1) is 33.6. The molecule has 1 aliphatic heterocycles. The van der Waals surface area contributed by atoms with Crippen molar-refractivity contribution in [3.05, 3.63) is 47.4 Å². The summed E-state index contributed by atoms with van der Waals surface area (Å²) in [4.78, 5) is 36.6. The van der Waals surface area contributed by atoms with E-state index in [9.17, 15) is 14.9 Å². The molecule has 4 rings (SSSR count). The van der Waals surface area contributed by atoms with Crippen molar-refractivity contribution in [2.75, 3.05) is 30.4 Å². The number of carbonyl (C=O) groups is 2. The average Bonchev–Trinajstić information content (AvgIpc) is 3.46. The van der Waals surface area contributed by atoms with E-state index in [4.69, 9.17) is 14.1 Å². The minimum Gasteiger partial charge on any atom is -0.443 e. The third kappa shape index (κ3) is 6.87. The van der Waals surface area contributed by atoms with Gasteiger partial charge in [-0.05, 0) is 62.7 Å². The van der Waals surface area contributed by atoms with Crippen molar-refractivity contribution in [1.29, 1.82) is 5.26 Å². The van der Waals surface area contributed by atoms with E-state index in [1.807, 2.05) is 26.8 Å². The number of fused-ring (bicyclic) bond motifs is 1. The lowest BCUT2D eigenvalue weighted by Gasteiger charge is -2.39. The molecule has 2 N–H and O–H groups in total. The Morgan fingerprint density at radius 3 is 2.47 bits per heavy atom. The number of hydrogen-bond donors (Lipinski definition) is 2. The zero-order chi connectivity index (χ0) is 33.5. The van der Waals surface area contributed by atoms with Gasteiger partial charge in [0.15, 0.2) is 8.32 Å². The highest BCUT2D eigenvalue weighted by Crippen LogP contribution is 2.47. The summed E-state index contributed by atoms with van der Waals surface area (Å²) in [5.74, 6) is -0.0521. The van der Waals surface area contributed by atoms with E-state index >= 15 is 0 Å². The topological polar surface area (TPSA) is 147 Å². The first-order chi connectivity index (χ1) is 20.8. The van der Waals surface area contributed by atoms with Crippen LogP contribution in [0.25, 0.3) is 11.3 Å². The molecule has 0 bridgehead atoms. The Morgan fingerprint density at radius 1 is 1.18 bits per heavy atom. The van der Waals surface area contributed by atoms with Crippen LogP contribution in [0.5, 0.6) is 0 Å². The second-order valence-corrected chi connectivity index (χ2v) is 19.0. The lowest BCUT2D eigenvalue weighted by Crippen LogP contribution is -2.46. The number of nitrogens with one attached hydrogen (secondary N) is 2. The fourth-order valence-corrected chi connectivity index (χ4v) is 6.01. The molecule has 12 nitrogen and oxygen atoms in total. The van der Waals surface area contributed by atoms with Crippen molar-refractivity contribution in [3.8, 4) is 17.3 Å². The molecule has 2 aromatic heterocycles. The van der Waals surface area contributed by atoms with Crippen molar-refractivity contribution in [1.82, 2.24) is 25.1 Å². The van der Waals surface area contributed by atoms with Gasteiger partial charge in [0.2, 0.25) is 5.95 Å². The number of benzene rings is 1. The lowest BCUT2D eigenvalue weighted by molar-refractivity contribution is 0.0575. The number of nitriles is 1. The maximum atomic E-state index is 13.5. The highest BCUT2D eigenvalue weighted by Gasteiger charge is 2.47. The second-order valence-electron chi connectivity index (χ2n) is 14.2. The van der Waals surface area contributed by atoms with Gasteiger partial charge in [0.05, 0.1) is 28.8 Å². The summed E-state index contributed by atoms with van der Waals surface area (Å²) in [6.07, 6.45) is 2.62. The van der Waals surface area contributed by atoms with Gasteiger partial charge in [0, 0.05) is 44.4 Å². The van der Waals surface area contributed by atoms with Gasteiger partial charge in [-0.25, -0.2) is 14.8 Å². The number of hydrogen-bond acceptors (Lipinski definition) is 9. The summed E-state index contributed by atoms with van der Waals surface area (Å²) in [5.41, 5.74) is 2.33. The number of aryl methyl sites for hydroxylation is 1. The molecule has 1 aliphatic rings. The van der Waals surface area contributed by atoms with Crippen LogP contribution in [0.15, 0.2) is 30.6 Å². The Morgan fingerprint density at radius 2 is 1.87 bits per heavy atom. The first-order valence-electron chi connectivity index (χ1n) is 14.9. The SMILES string of the molecule is CNC(=O)c1c(Nc2nccc(-c3cc(C#N)c4c(c3)[C@@](C)(CO[Si](C)(C)C(C)(C)C)CN4C(=O)OC(C)(C)C)n2)cnn1C. The van der Waals surface area contributed by atoms with Crippen LogP contribution in [0.3, 0.4) is 0 Å². The van der Waals surface area contributed by atoms with E-state index in [1.54, 1.807) is 37.3 Å². The molecule has 3 aromatic rings. The number of aromatic nitrogens is 4. The average molecular weight is 633 g/mol. The molecule has 0 saturated carbocycles. The normalized spacial score (nSPS) is 16.6. The molecule has 1 atom stereocenters. The largest absolute Gasteiger partial charge is 0.443 e. The van der Waals surface area contributed by atoms with Crippen LogP contribution < -0.4 is 15.5 Å². The molecule has 0 aliphatic carbocycles. The summed E-state index contributed by atoms with van der Waals surface area (Å²) in [7, 11) is 1.07. The third-order valence-corrected chi connectivity index (χ3v) is 12.9. The molecule has 45 heavy (non-hydrogen) atoms. The predicted molar refractivity (Wildman–Crippen MR) is 176 cm³/mol. The molecule has 2 amide bonds. The van der Waals surface area contributed by atoms with Gasteiger partial charge in [-0.15, -0.1) is 0 Å². The molecule has 3 heterocycles. The van der Waals surface area contributed by atoms with Gasteiger partial charge in [0.1, 0.15) is 17.4 Å². The van der Waals surface area contributed by atoms with Crippen LogP contribution in [-0.2, 0) is 21.6 Å². The maximum absolute atomic E-state index is 13.5. The molecule has 240 valence electrons. The quantitative estimate of drug-likeness (QED) is 0.304. The van der Waals surface area contributed by atoms with Gasteiger partial charge in [-0.3, -0.25) is 14.4 Å². The van der Waals surface area contributed by atoms with Gasteiger partial charge < -0.3 is 19.8 Å². The lowest BCUT2D eigenvalue weighted by atomic mass is 9.83. The monoisotopic (exact) mass is 632 g/mol. The second kappa shape index (κ2) is 11.9. The molecular formula is C32H44N8O4Si. The number of rotatable bonds is 7. The molecule has 0 fully saturated rings. The van der Waals surface area contributed by atoms with Gasteiger partial charge in [0.25, 0.3) is 5.91 Å². The Balaban J connectivity index is 1.80. The zero-order valence-corrected chi connectivity index (χ0v) is 29.1. The summed E-state index contributed by atoms with van der Waals surface area (Å²) >= 11 is 0. The minimum absolute atomic E-state index is 0.00832. The summed E-state index contributed by atoms with van der Waals surface area (Å²) in [6.45, 7) is 19.1. The Labute approximate surface area is 266 Å². The molecule has 0 spiro atoms. The standard InChI is InChI=1S/C32H44N8O4Si/c1-30(2,3)44-29(42)40-18-32(7,19-43-45(10,11)31(4,5)6)22-15-20(14-21(16-33)25(22)40)23-12-13-35-28(37-23)38-24-17-36-39(9)26(24)27(41)34-8/h12-15,17H,18-19H2,1-11H3,(H,34,41)(H,35,37,38)/t32-/m1/s1. The fraction of sp³-hybridized carbons (Fsp3) is 0.500. The highest BCUT2D eigenvalue weighted by molar-refractivity contribution is 6.74. The number of anilines is 3. The van der Waals surface area contributed by atoms with Crippen LogP contribution in [0.2, 0.25) is 18.1 Å². The van der Waals surface area contributed by atoms with Crippen LogP contribution in [0, 0.1) is 11.3 Å². The van der Waals surface area contributed by atoms with Crippen molar-refractivity contribution in [3.63, 3.8) is 0 Å². The van der Waals surface area contributed by atoms with Crippen molar-refractivity contribution >= 4 is 37.6 Å². The summed E-state index contributed by atoms with van der Waals surface area (Å²) in [5, 5.41) is 20.2. The summed E-state index contributed by atoms with van der Waals surface area (Å²) < 4.78 is 14.0. The van der Waals surface area contributed by atoms with Crippen LogP contribution in [0.1, 0.15) is 70.1 Å². The first-order valence-corrected chi connectivity index (χ1v) is 17.8. The van der Waals surface area contributed by atoms with Crippen LogP contribution in [-0.4, -0.2) is 65.9 Å². The smallest absolute Gasteiger partial charge is 0.414 e. The van der Waals surface area contributed by atoms with E-state index in [1.165, 1.54) is 10.9 Å². The van der Waals surface area contributed by atoms with Crippen molar-refractivity contribution in [2.24, 2.45) is 7.05 Å². The number of nitrogens with zero attached hydrogens (tertiary/aromatic N) is 6. The van der Waals surface area contributed by atoms with E-state index in [0.717, 1.165) is 5.56 Å². The Kier molecular flexibility index (Phi) is 8.89. The predicted octanol–water partition coefficient (Wildman–Crippen LogP) is 5.89. The van der Waals surface area contributed by atoms with E-state index in [0.29, 0.717) is 47.0 Å². The van der Waals surface area contributed by atoms with Crippen LogP contribution in [0.4, 0.5) is 22.1 Å². The van der Waals surface area contributed by atoms with E-state index in [2.05, 4.69) is 67.6 Å². The van der Waals surface area contributed by atoms with Crippen LogP contribution >= 0.6 is 0 Å². The van der Waals surface area contributed by atoms with E-state index < -0.39 is 25.4 Å². The molecule has 13 heteroatoms. The van der Waals surface area contributed by atoms with Gasteiger partial charge in [-0.2, -0.15) is 10.4 Å². The molecule has 0 radical (unpaired) electrons. The zero-order valence-electron chi connectivity index (χ0n) is 28.1. The summed E-state index contributed by atoms with van der Waals surface area (Å²) in [6, 6.07) is 7.76. The molecule has 0 unspecified atom stereocenters. The Hall–Kier alpha value is -4.28. The number of ether oxygens (including phenoxy) is 1. The van der Waals surface area contributed by atoms with Gasteiger partial charge >= 0.3 is 6.09 Å². The van der Waals surface area contributed by atoms with Crippen molar-refractivity contribution in [2.45, 2.75) is 77.6 Å². The van der Waals surface area contributed by atoms with E-state index in [-0.39, 0.29) is 16.9 Å².